The van der Waals surface area contributed by atoms with Gasteiger partial charge in [0.1, 0.15) is 0 Å². The number of nitro benzene ring substituents is 1. The number of carbonyl (C=O) groups is 1. The first-order chi connectivity index (χ1) is 6.59. The molecule has 0 unspecified atom stereocenters. The van der Waals surface area contributed by atoms with Crippen molar-refractivity contribution in [3.05, 3.63) is 46.0 Å². The first-order valence-electron chi connectivity index (χ1n) is 4.02. The Morgan fingerprint density at radius 3 is 2.79 bits per heavy atom. The highest BCUT2D eigenvalue weighted by Gasteiger charge is 2.03. The van der Waals surface area contributed by atoms with Crippen LogP contribution in [0.1, 0.15) is 12.5 Å². The molecule has 1 aromatic carbocycles. The second-order valence-corrected chi connectivity index (χ2v) is 2.80. The normalized spacial score (nSPS) is 10.4. The van der Waals surface area contributed by atoms with Crippen LogP contribution in [0, 0.1) is 10.1 Å². The van der Waals surface area contributed by atoms with E-state index < -0.39 is 4.92 Å². The maximum atomic E-state index is 10.6. The van der Waals surface area contributed by atoms with Crippen LogP contribution in [0.15, 0.2) is 30.3 Å². The van der Waals surface area contributed by atoms with E-state index in [2.05, 4.69) is 0 Å². The van der Waals surface area contributed by atoms with Gasteiger partial charge in [0.15, 0.2) is 5.78 Å². The molecular formula is C10H9NO3. The van der Waals surface area contributed by atoms with Crippen LogP contribution in [0.5, 0.6) is 0 Å². The van der Waals surface area contributed by atoms with Gasteiger partial charge in [-0.3, -0.25) is 14.9 Å². The molecule has 0 aliphatic carbocycles. The van der Waals surface area contributed by atoms with Crippen molar-refractivity contribution in [2.45, 2.75) is 6.92 Å². The summed E-state index contributed by atoms with van der Waals surface area (Å²) in [6.45, 7) is 1.42. The smallest absolute Gasteiger partial charge is 0.270 e. The van der Waals surface area contributed by atoms with Gasteiger partial charge in [-0.25, -0.2) is 0 Å². The lowest BCUT2D eigenvalue weighted by Gasteiger charge is -1.93. The minimum absolute atomic E-state index is 0.0238. The highest BCUT2D eigenvalue weighted by atomic mass is 16.6. The summed E-state index contributed by atoms with van der Waals surface area (Å²) in [5.74, 6) is -0.0866. The van der Waals surface area contributed by atoms with Gasteiger partial charge in [0.2, 0.25) is 0 Å². The van der Waals surface area contributed by atoms with Gasteiger partial charge < -0.3 is 0 Å². The highest BCUT2D eigenvalue weighted by molar-refractivity contribution is 5.91. The molecule has 4 heteroatoms. The summed E-state index contributed by atoms with van der Waals surface area (Å²) in [4.78, 5) is 20.6. The number of rotatable bonds is 3. The summed E-state index contributed by atoms with van der Waals surface area (Å²) in [5.41, 5.74) is 0.671. The van der Waals surface area contributed by atoms with Crippen molar-refractivity contribution in [1.82, 2.24) is 0 Å². The van der Waals surface area contributed by atoms with E-state index in [1.165, 1.54) is 25.1 Å². The lowest BCUT2D eigenvalue weighted by atomic mass is 10.2. The molecule has 4 nitrogen and oxygen atoms in total. The number of nitrogens with zero attached hydrogens (tertiary/aromatic N) is 1. The summed E-state index contributed by atoms with van der Waals surface area (Å²) in [7, 11) is 0. The number of allylic oxidation sites excluding steroid dienone is 1. The summed E-state index contributed by atoms with van der Waals surface area (Å²) in [5, 5.41) is 10.4. The van der Waals surface area contributed by atoms with Crippen LogP contribution in [0.3, 0.4) is 0 Å². The zero-order valence-electron chi connectivity index (χ0n) is 7.64. The maximum Gasteiger partial charge on any atom is 0.270 e. The first kappa shape index (κ1) is 10.1. The van der Waals surface area contributed by atoms with Crippen molar-refractivity contribution in [3.63, 3.8) is 0 Å². The van der Waals surface area contributed by atoms with Gasteiger partial charge in [-0.2, -0.15) is 0 Å². The summed E-state index contributed by atoms with van der Waals surface area (Å²) in [6, 6.07) is 6.11. The van der Waals surface area contributed by atoms with Gasteiger partial charge in [0, 0.05) is 12.1 Å². The summed E-state index contributed by atoms with van der Waals surface area (Å²) in [6.07, 6.45) is 2.92. The van der Waals surface area contributed by atoms with Gasteiger partial charge in [0.25, 0.3) is 5.69 Å². The third kappa shape index (κ3) is 2.82. The summed E-state index contributed by atoms with van der Waals surface area (Å²) >= 11 is 0. The molecule has 0 N–H and O–H groups in total. The molecule has 72 valence electrons. The molecule has 0 aliphatic heterocycles. The Labute approximate surface area is 81.0 Å². The van der Waals surface area contributed by atoms with Gasteiger partial charge in [-0.1, -0.05) is 18.2 Å². The third-order valence-corrected chi connectivity index (χ3v) is 1.59. The largest absolute Gasteiger partial charge is 0.295 e. The van der Waals surface area contributed by atoms with Gasteiger partial charge in [-0.05, 0) is 18.6 Å². The SMILES string of the molecule is CC(=O)/C=C\c1cccc([N+](=O)[O-])c1. The topological polar surface area (TPSA) is 60.2 Å². The van der Waals surface area contributed by atoms with Gasteiger partial charge in [-0.15, -0.1) is 0 Å². The molecule has 0 heterocycles. The van der Waals surface area contributed by atoms with Crippen molar-refractivity contribution >= 4 is 17.5 Å². The highest BCUT2D eigenvalue weighted by Crippen LogP contribution is 2.13. The van der Waals surface area contributed by atoms with Crippen molar-refractivity contribution < 1.29 is 9.72 Å². The molecule has 0 aromatic heterocycles. The fraction of sp³-hybridized carbons (Fsp3) is 0.100. The molecule has 0 spiro atoms. The van der Waals surface area contributed by atoms with Crippen LogP contribution >= 0.6 is 0 Å². The Kier molecular flexibility index (Phi) is 3.12. The zero-order chi connectivity index (χ0) is 10.6. The van der Waals surface area contributed by atoms with Crippen molar-refractivity contribution in [2.24, 2.45) is 0 Å². The van der Waals surface area contributed by atoms with Crippen molar-refractivity contribution in [1.29, 1.82) is 0 Å². The number of ketones is 1. The molecular weight excluding hydrogens is 182 g/mol. The van der Waals surface area contributed by atoms with E-state index in [0.717, 1.165) is 0 Å². The molecule has 0 saturated carbocycles. The number of hydrogen-bond acceptors (Lipinski definition) is 3. The number of carbonyl (C=O) groups excluding carboxylic acids is 1. The van der Waals surface area contributed by atoms with E-state index >= 15 is 0 Å². The average molecular weight is 191 g/mol. The van der Waals surface area contributed by atoms with Crippen molar-refractivity contribution in [2.75, 3.05) is 0 Å². The minimum Gasteiger partial charge on any atom is -0.295 e. The molecule has 0 atom stereocenters. The molecule has 0 amide bonds. The van der Waals surface area contributed by atoms with E-state index in [1.54, 1.807) is 18.2 Å². The molecule has 14 heavy (non-hydrogen) atoms. The lowest BCUT2D eigenvalue weighted by Crippen LogP contribution is -1.87. The Morgan fingerprint density at radius 1 is 1.50 bits per heavy atom. The first-order valence-corrected chi connectivity index (χ1v) is 4.02. The fourth-order valence-electron chi connectivity index (χ4n) is 0.956. The average Bonchev–Trinajstić information content (AvgIpc) is 2.15. The Bertz CT molecular complexity index is 396. The van der Waals surface area contributed by atoms with Crippen LogP contribution in [0.4, 0.5) is 5.69 Å². The lowest BCUT2D eigenvalue weighted by molar-refractivity contribution is -0.384. The van der Waals surface area contributed by atoms with Crippen LogP contribution in [-0.2, 0) is 4.79 Å². The second-order valence-electron chi connectivity index (χ2n) is 2.80. The molecule has 0 bridgehead atoms. The zero-order valence-corrected chi connectivity index (χ0v) is 7.64. The van der Waals surface area contributed by atoms with Crippen LogP contribution in [0.2, 0.25) is 0 Å². The van der Waals surface area contributed by atoms with Gasteiger partial charge in [0.05, 0.1) is 4.92 Å². The molecule has 0 fully saturated rings. The van der Waals surface area contributed by atoms with Crippen LogP contribution < -0.4 is 0 Å². The standard InChI is InChI=1S/C10H9NO3/c1-8(12)5-6-9-3-2-4-10(7-9)11(13)14/h2-7H,1H3/b6-5-. The number of non-ortho nitro benzene ring substituents is 1. The van der Waals surface area contributed by atoms with E-state index in [9.17, 15) is 14.9 Å². The number of nitro groups is 1. The molecule has 1 rings (SSSR count). The van der Waals surface area contributed by atoms with Crippen LogP contribution in [0.25, 0.3) is 6.08 Å². The van der Waals surface area contributed by atoms with E-state index in [0.29, 0.717) is 5.56 Å². The monoisotopic (exact) mass is 191 g/mol. The van der Waals surface area contributed by atoms with Crippen LogP contribution in [-0.4, -0.2) is 10.7 Å². The van der Waals surface area contributed by atoms with Crippen molar-refractivity contribution in [3.8, 4) is 0 Å². The third-order valence-electron chi connectivity index (χ3n) is 1.59. The van der Waals surface area contributed by atoms with Gasteiger partial charge >= 0.3 is 0 Å². The predicted molar refractivity (Wildman–Crippen MR) is 52.8 cm³/mol. The number of hydrogen-bond donors (Lipinski definition) is 0. The quantitative estimate of drug-likeness (QED) is 0.418. The Morgan fingerprint density at radius 2 is 2.21 bits per heavy atom. The minimum atomic E-state index is -0.467. The predicted octanol–water partition coefficient (Wildman–Crippen LogP) is 2.20. The second kappa shape index (κ2) is 4.32. The van der Waals surface area contributed by atoms with E-state index in [4.69, 9.17) is 0 Å². The number of benzene rings is 1. The Hall–Kier alpha value is -1.97. The Balaban J connectivity index is 2.94. The molecule has 1 aromatic rings. The summed E-state index contributed by atoms with van der Waals surface area (Å²) < 4.78 is 0. The van der Waals surface area contributed by atoms with E-state index in [-0.39, 0.29) is 11.5 Å². The van der Waals surface area contributed by atoms with E-state index in [1.807, 2.05) is 0 Å². The molecule has 0 aliphatic rings. The fourth-order valence-corrected chi connectivity index (χ4v) is 0.956. The molecule has 0 radical (unpaired) electrons. The maximum absolute atomic E-state index is 10.6. The molecule has 0 saturated heterocycles.